The van der Waals surface area contributed by atoms with E-state index < -0.39 is 4.92 Å². The lowest BCUT2D eigenvalue weighted by Gasteiger charge is -2.08. The molecule has 98 valence electrons. The number of pyridine rings is 1. The van der Waals surface area contributed by atoms with Gasteiger partial charge in [-0.2, -0.15) is 0 Å². The van der Waals surface area contributed by atoms with Crippen LogP contribution in [0.1, 0.15) is 0 Å². The second-order valence-corrected chi connectivity index (χ2v) is 4.82. The molecule has 0 radical (unpaired) electrons. The van der Waals surface area contributed by atoms with E-state index in [9.17, 15) is 10.1 Å². The van der Waals surface area contributed by atoms with Crippen molar-refractivity contribution in [3.8, 4) is 11.1 Å². The van der Waals surface area contributed by atoms with Gasteiger partial charge in [0.05, 0.1) is 10.4 Å². The van der Waals surface area contributed by atoms with Crippen molar-refractivity contribution in [2.24, 2.45) is 0 Å². The van der Waals surface area contributed by atoms with Crippen LogP contribution in [0, 0.1) is 10.1 Å². The summed E-state index contributed by atoms with van der Waals surface area (Å²) in [7, 11) is 0. The molecule has 4 nitrogen and oxygen atoms in total. The Kier molecular flexibility index (Phi) is 3.12. The Morgan fingerprint density at radius 2 is 1.85 bits per heavy atom. The van der Waals surface area contributed by atoms with Crippen molar-refractivity contribution in [1.82, 2.24) is 4.98 Å². The predicted molar refractivity (Wildman–Crippen MR) is 81.1 cm³/mol. The second-order valence-electron chi connectivity index (χ2n) is 4.33. The molecule has 1 aromatic heterocycles. The van der Waals surface area contributed by atoms with E-state index in [1.807, 2.05) is 30.3 Å². The Hall–Kier alpha value is -2.40. The van der Waals surface area contributed by atoms with E-state index in [2.05, 4.69) is 17.6 Å². The van der Waals surface area contributed by atoms with Gasteiger partial charge in [0.2, 0.25) is 0 Å². The summed E-state index contributed by atoms with van der Waals surface area (Å²) in [5.41, 5.74) is 2.54. The van der Waals surface area contributed by atoms with Crippen molar-refractivity contribution in [2.45, 2.75) is 4.90 Å². The van der Waals surface area contributed by atoms with Gasteiger partial charge < -0.3 is 0 Å². The van der Waals surface area contributed by atoms with Gasteiger partial charge in [-0.15, -0.1) is 12.6 Å². The van der Waals surface area contributed by atoms with Crippen molar-refractivity contribution in [1.29, 1.82) is 0 Å². The molecule has 1 heterocycles. The Bertz CT molecular complexity index is 813. The van der Waals surface area contributed by atoms with E-state index in [1.54, 1.807) is 18.3 Å². The molecule has 0 saturated carbocycles. The molecule has 0 N–H and O–H groups in total. The highest BCUT2D eigenvalue weighted by molar-refractivity contribution is 7.80. The average molecular weight is 282 g/mol. The summed E-state index contributed by atoms with van der Waals surface area (Å²) in [6, 6.07) is 14.2. The second kappa shape index (κ2) is 4.94. The lowest BCUT2D eigenvalue weighted by molar-refractivity contribution is -0.384. The molecule has 0 saturated heterocycles. The molecule has 3 aromatic rings. The first-order valence-electron chi connectivity index (χ1n) is 5.98. The molecular formula is C15H10N2O2S. The van der Waals surface area contributed by atoms with Crippen molar-refractivity contribution >= 4 is 29.2 Å². The monoisotopic (exact) mass is 282 g/mol. The summed E-state index contributed by atoms with van der Waals surface area (Å²) in [5, 5.41) is 11.9. The standard InChI is InChI=1S/C15H10N2O2S/c18-17(19)10-5-6-15(20)13(9-10)11-7-8-16-14-4-2-1-3-12(11)14/h1-9,20H. The fourth-order valence-corrected chi connectivity index (χ4v) is 2.44. The molecule has 0 spiro atoms. The fraction of sp³-hybridized carbons (Fsp3) is 0. The van der Waals surface area contributed by atoms with E-state index in [1.165, 1.54) is 6.07 Å². The maximum atomic E-state index is 10.9. The van der Waals surface area contributed by atoms with Crippen LogP contribution >= 0.6 is 12.6 Å². The number of nitro benzene ring substituents is 1. The molecule has 3 rings (SSSR count). The molecule has 0 aliphatic rings. The fourth-order valence-electron chi connectivity index (χ4n) is 2.18. The van der Waals surface area contributed by atoms with Gasteiger partial charge in [-0.1, -0.05) is 18.2 Å². The van der Waals surface area contributed by atoms with Crippen LogP contribution in [0.5, 0.6) is 0 Å². The molecule has 0 unspecified atom stereocenters. The lowest BCUT2D eigenvalue weighted by Crippen LogP contribution is -1.90. The van der Waals surface area contributed by atoms with Crippen molar-refractivity contribution in [3.05, 3.63) is 64.8 Å². The third kappa shape index (κ3) is 2.12. The number of hydrogen-bond acceptors (Lipinski definition) is 4. The number of thiol groups is 1. The summed E-state index contributed by atoms with van der Waals surface area (Å²) in [6.07, 6.45) is 1.70. The molecule has 2 aromatic carbocycles. The van der Waals surface area contributed by atoms with Crippen LogP contribution in [0.3, 0.4) is 0 Å². The minimum atomic E-state index is -0.403. The smallest absolute Gasteiger partial charge is 0.258 e. The SMILES string of the molecule is O=[N+]([O-])c1ccc(S)c(-c2ccnc3ccccc23)c1. The van der Waals surface area contributed by atoms with Crippen LogP contribution in [-0.4, -0.2) is 9.91 Å². The van der Waals surface area contributed by atoms with Gasteiger partial charge in [-0.05, 0) is 23.8 Å². The number of aromatic nitrogens is 1. The van der Waals surface area contributed by atoms with Crippen molar-refractivity contribution in [3.63, 3.8) is 0 Å². The molecular weight excluding hydrogens is 272 g/mol. The van der Waals surface area contributed by atoms with Gasteiger partial charge in [0.15, 0.2) is 0 Å². The Balaban J connectivity index is 2.30. The number of rotatable bonds is 2. The van der Waals surface area contributed by atoms with Crippen LogP contribution in [0.4, 0.5) is 5.69 Å². The number of para-hydroxylation sites is 1. The third-order valence-corrected chi connectivity index (χ3v) is 3.52. The van der Waals surface area contributed by atoms with E-state index in [-0.39, 0.29) is 5.69 Å². The highest BCUT2D eigenvalue weighted by Gasteiger charge is 2.12. The molecule has 0 amide bonds. The lowest BCUT2D eigenvalue weighted by atomic mass is 10.0. The van der Waals surface area contributed by atoms with Gasteiger partial charge in [0.1, 0.15) is 0 Å². The summed E-state index contributed by atoms with van der Waals surface area (Å²) < 4.78 is 0. The van der Waals surface area contributed by atoms with Crippen LogP contribution in [0.25, 0.3) is 22.0 Å². The Morgan fingerprint density at radius 1 is 1.05 bits per heavy atom. The summed E-state index contributed by atoms with van der Waals surface area (Å²) >= 11 is 4.41. The summed E-state index contributed by atoms with van der Waals surface area (Å²) in [4.78, 5) is 15.5. The molecule has 0 atom stereocenters. The van der Waals surface area contributed by atoms with Crippen LogP contribution in [-0.2, 0) is 0 Å². The van der Waals surface area contributed by atoms with Crippen LogP contribution in [0.15, 0.2) is 59.6 Å². The number of non-ortho nitro benzene ring substituents is 1. The van der Waals surface area contributed by atoms with Crippen molar-refractivity contribution < 1.29 is 4.92 Å². The molecule has 0 bridgehead atoms. The van der Waals surface area contributed by atoms with Gasteiger partial charge in [0.25, 0.3) is 5.69 Å². The van der Waals surface area contributed by atoms with Crippen LogP contribution < -0.4 is 0 Å². The van der Waals surface area contributed by atoms with Gasteiger partial charge in [-0.25, -0.2) is 0 Å². The number of nitro groups is 1. The number of benzene rings is 2. The Labute approximate surface area is 120 Å². The van der Waals surface area contributed by atoms with Crippen LogP contribution in [0.2, 0.25) is 0 Å². The minimum Gasteiger partial charge on any atom is -0.258 e. The number of nitrogens with zero attached hydrogens (tertiary/aromatic N) is 2. The highest BCUT2D eigenvalue weighted by atomic mass is 32.1. The normalized spacial score (nSPS) is 10.7. The topological polar surface area (TPSA) is 56.0 Å². The minimum absolute atomic E-state index is 0.0543. The molecule has 20 heavy (non-hydrogen) atoms. The van der Waals surface area contributed by atoms with Gasteiger partial charge in [0, 0.05) is 34.2 Å². The van der Waals surface area contributed by atoms with E-state index in [4.69, 9.17) is 0 Å². The third-order valence-electron chi connectivity index (χ3n) is 3.13. The molecule has 0 aliphatic heterocycles. The van der Waals surface area contributed by atoms with E-state index in [0.717, 1.165) is 22.0 Å². The summed E-state index contributed by atoms with van der Waals surface area (Å²) in [5.74, 6) is 0. The zero-order chi connectivity index (χ0) is 14.1. The Morgan fingerprint density at radius 3 is 2.65 bits per heavy atom. The largest absolute Gasteiger partial charge is 0.270 e. The molecule has 5 heteroatoms. The van der Waals surface area contributed by atoms with Gasteiger partial charge in [-0.3, -0.25) is 15.1 Å². The summed E-state index contributed by atoms with van der Waals surface area (Å²) in [6.45, 7) is 0. The highest BCUT2D eigenvalue weighted by Crippen LogP contribution is 2.34. The first-order chi connectivity index (χ1) is 9.66. The first-order valence-corrected chi connectivity index (χ1v) is 6.43. The zero-order valence-corrected chi connectivity index (χ0v) is 11.2. The van der Waals surface area contributed by atoms with E-state index in [0.29, 0.717) is 4.90 Å². The predicted octanol–water partition coefficient (Wildman–Crippen LogP) is 4.10. The quantitative estimate of drug-likeness (QED) is 0.437. The number of fused-ring (bicyclic) bond motifs is 1. The maximum absolute atomic E-state index is 10.9. The number of hydrogen-bond donors (Lipinski definition) is 1. The first kappa shape index (κ1) is 12.6. The van der Waals surface area contributed by atoms with Gasteiger partial charge >= 0.3 is 0 Å². The molecule has 0 fully saturated rings. The van der Waals surface area contributed by atoms with E-state index >= 15 is 0 Å². The zero-order valence-electron chi connectivity index (χ0n) is 10.4. The maximum Gasteiger partial charge on any atom is 0.270 e. The van der Waals surface area contributed by atoms with Crippen molar-refractivity contribution in [2.75, 3.05) is 0 Å². The average Bonchev–Trinajstić information content (AvgIpc) is 2.47. The molecule has 0 aliphatic carbocycles.